The van der Waals surface area contributed by atoms with Crippen LogP contribution in [0.1, 0.15) is 24.0 Å². The second kappa shape index (κ2) is 5.29. The summed E-state index contributed by atoms with van der Waals surface area (Å²) < 4.78 is 0. The fraction of sp³-hybridized carbons (Fsp3) is 0.250. The van der Waals surface area contributed by atoms with Gasteiger partial charge in [-0.1, -0.05) is 0 Å². The SMILES string of the molecule is N#Cc1cncnc1.NC1(c2cncnc2)CC1. The summed E-state index contributed by atoms with van der Waals surface area (Å²) in [4.78, 5) is 15.0. The molecule has 90 valence electrons. The van der Waals surface area contributed by atoms with Gasteiger partial charge in [0.25, 0.3) is 0 Å². The zero-order valence-electron chi connectivity index (χ0n) is 9.69. The van der Waals surface area contributed by atoms with Crippen LogP contribution in [0.25, 0.3) is 0 Å². The lowest BCUT2D eigenvalue weighted by atomic mass is 10.1. The lowest BCUT2D eigenvalue weighted by molar-refractivity contribution is 0.728. The number of nitrogens with two attached hydrogens (primary N) is 1. The summed E-state index contributed by atoms with van der Waals surface area (Å²) in [5, 5.41) is 8.21. The second-order valence-corrected chi connectivity index (χ2v) is 4.02. The van der Waals surface area contributed by atoms with E-state index >= 15 is 0 Å². The summed E-state index contributed by atoms with van der Waals surface area (Å²) in [7, 11) is 0. The fourth-order valence-electron chi connectivity index (χ4n) is 1.34. The van der Waals surface area contributed by atoms with Crippen LogP contribution < -0.4 is 5.73 Å². The quantitative estimate of drug-likeness (QED) is 0.790. The van der Waals surface area contributed by atoms with Crippen LogP contribution in [0, 0.1) is 11.3 Å². The summed E-state index contributed by atoms with van der Waals surface area (Å²) in [5.74, 6) is 0. The minimum atomic E-state index is -0.0821. The molecule has 2 aromatic rings. The van der Waals surface area contributed by atoms with Gasteiger partial charge in [-0.05, 0) is 12.8 Å². The topological polar surface area (TPSA) is 101 Å². The van der Waals surface area contributed by atoms with E-state index in [-0.39, 0.29) is 5.54 Å². The molecule has 0 aliphatic heterocycles. The number of hydrogen-bond donors (Lipinski definition) is 1. The Morgan fingerprint density at radius 3 is 1.89 bits per heavy atom. The molecule has 18 heavy (non-hydrogen) atoms. The van der Waals surface area contributed by atoms with Crippen LogP contribution in [-0.2, 0) is 5.54 Å². The van der Waals surface area contributed by atoms with Crippen LogP contribution >= 0.6 is 0 Å². The number of hydrogen-bond acceptors (Lipinski definition) is 6. The van der Waals surface area contributed by atoms with E-state index in [9.17, 15) is 0 Å². The molecule has 6 heteroatoms. The van der Waals surface area contributed by atoms with Crippen molar-refractivity contribution in [3.63, 3.8) is 0 Å². The maximum absolute atomic E-state index is 8.21. The monoisotopic (exact) mass is 240 g/mol. The lowest BCUT2D eigenvalue weighted by Crippen LogP contribution is -2.18. The van der Waals surface area contributed by atoms with Crippen LogP contribution in [0.2, 0.25) is 0 Å². The highest BCUT2D eigenvalue weighted by atomic mass is 14.9. The van der Waals surface area contributed by atoms with Crippen molar-refractivity contribution in [3.05, 3.63) is 48.6 Å². The molecule has 0 bridgehead atoms. The van der Waals surface area contributed by atoms with Gasteiger partial charge in [-0.2, -0.15) is 5.26 Å². The maximum atomic E-state index is 8.21. The normalized spacial score (nSPS) is 14.9. The zero-order chi connectivity index (χ0) is 12.8. The van der Waals surface area contributed by atoms with Gasteiger partial charge in [-0.15, -0.1) is 0 Å². The first-order valence-electron chi connectivity index (χ1n) is 5.44. The predicted molar refractivity (Wildman–Crippen MR) is 63.9 cm³/mol. The van der Waals surface area contributed by atoms with E-state index in [0.29, 0.717) is 5.56 Å². The van der Waals surface area contributed by atoms with E-state index in [1.165, 1.54) is 25.0 Å². The molecule has 0 amide bonds. The summed E-state index contributed by atoms with van der Waals surface area (Å²) in [6.07, 6.45) is 11.6. The van der Waals surface area contributed by atoms with Crippen molar-refractivity contribution < 1.29 is 0 Å². The summed E-state index contributed by atoms with van der Waals surface area (Å²) in [5.41, 5.74) is 7.36. The molecule has 0 saturated heterocycles. The first kappa shape index (κ1) is 12.1. The molecule has 1 fully saturated rings. The summed E-state index contributed by atoms with van der Waals surface area (Å²) in [6, 6.07) is 1.90. The van der Waals surface area contributed by atoms with Gasteiger partial charge in [0.1, 0.15) is 18.7 Å². The van der Waals surface area contributed by atoms with Crippen LogP contribution in [0.3, 0.4) is 0 Å². The highest BCUT2D eigenvalue weighted by molar-refractivity contribution is 5.23. The molecule has 0 unspecified atom stereocenters. The zero-order valence-corrected chi connectivity index (χ0v) is 9.69. The third-order valence-corrected chi connectivity index (χ3v) is 2.61. The average molecular weight is 240 g/mol. The minimum Gasteiger partial charge on any atom is -0.321 e. The molecule has 0 spiro atoms. The molecule has 2 heterocycles. The van der Waals surface area contributed by atoms with Crippen LogP contribution in [0.4, 0.5) is 0 Å². The lowest BCUT2D eigenvalue weighted by Gasteiger charge is -2.05. The minimum absolute atomic E-state index is 0.0821. The third kappa shape index (κ3) is 3.06. The van der Waals surface area contributed by atoms with Crippen LogP contribution in [0.15, 0.2) is 37.4 Å². The smallest absolute Gasteiger partial charge is 0.115 e. The number of nitriles is 1. The van der Waals surface area contributed by atoms with Gasteiger partial charge in [-0.25, -0.2) is 19.9 Å². The van der Waals surface area contributed by atoms with Crippen molar-refractivity contribution in [2.45, 2.75) is 18.4 Å². The molecule has 1 saturated carbocycles. The average Bonchev–Trinajstić information content (AvgIpc) is 3.21. The van der Waals surface area contributed by atoms with Crippen molar-refractivity contribution in [2.24, 2.45) is 5.73 Å². The van der Waals surface area contributed by atoms with Gasteiger partial charge in [-0.3, -0.25) is 0 Å². The Morgan fingerprint density at radius 1 is 1.00 bits per heavy atom. The Bertz CT molecular complexity index is 529. The van der Waals surface area contributed by atoms with E-state index in [0.717, 1.165) is 18.4 Å². The van der Waals surface area contributed by atoms with Crippen molar-refractivity contribution in [1.82, 2.24) is 19.9 Å². The molecule has 0 aromatic carbocycles. The van der Waals surface area contributed by atoms with Gasteiger partial charge in [0, 0.05) is 35.9 Å². The maximum Gasteiger partial charge on any atom is 0.115 e. The van der Waals surface area contributed by atoms with E-state index in [1.807, 2.05) is 6.07 Å². The van der Waals surface area contributed by atoms with Gasteiger partial charge in [0.15, 0.2) is 0 Å². The predicted octanol–water partition coefficient (Wildman–Crippen LogP) is 0.773. The third-order valence-electron chi connectivity index (χ3n) is 2.61. The fourth-order valence-corrected chi connectivity index (χ4v) is 1.34. The number of nitrogens with zero attached hydrogens (tertiary/aromatic N) is 5. The van der Waals surface area contributed by atoms with Crippen LogP contribution in [0.5, 0.6) is 0 Å². The van der Waals surface area contributed by atoms with Crippen LogP contribution in [-0.4, -0.2) is 19.9 Å². The molecule has 1 aliphatic rings. The highest BCUT2D eigenvalue weighted by Gasteiger charge is 2.40. The van der Waals surface area contributed by atoms with Crippen molar-refractivity contribution in [2.75, 3.05) is 0 Å². The number of aromatic nitrogens is 4. The molecular formula is C12H12N6. The second-order valence-electron chi connectivity index (χ2n) is 4.02. The van der Waals surface area contributed by atoms with Gasteiger partial charge in [0.05, 0.1) is 5.56 Å². The van der Waals surface area contributed by atoms with E-state index in [4.69, 9.17) is 11.0 Å². The number of rotatable bonds is 1. The first-order valence-corrected chi connectivity index (χ1v) is 5.44. The van der Waals surface area contributed by atoms with Crippen molar-refractivity contribution in [1.29, 1.82) is 5.26 Å². The molecule has 0 radical (unpaired) electrons. The Hall–Kier alpha value is -2.39. The van der Waals surface area contributed by atoms with E-state index in [2.05, 4.69) is 19.9 Å². The molecular weight excluding hydrogens is 228 g/mol. The Balaban J connectivity index is 0.000000138. The highest BCUT2D eigenvalue weighted by Crippen LogP contribution is 2.41. The van der Waals surface area contributed by atoms with Gasteiger partial charge >= 0.3 is 0 Å². The van der Waals surface area contributed by atoms with Gasteiger partial charge < -0.3 is 5.73 Å². The molecule has 1 aliphatic carbocycles. The molecule has 0 atom stereocenters. The van der Waals surface area contributed by atoms with Gasteiger partial charge in [0.2, 0.25) is 0 Å². The molecule has 3 rings (SSSR count). The summed E-state index contributed by atoms with van der Waals surface area (Å²) >= 11 is 0. The molecule has 2 aromatic heterocycles. The standard InChI is InChI=1S/C7H9N3.C5H3N3/c8-7(1-2-7)6-3-9-5-10-4-6;6-1-5-2-7-4-8-3-5/h3-5H,1-2,8H2;2-4H. The first-order chi connectivity index (χ1) is 8.74. The van der Waals surface area contributed by atoms with E-state index < -0.39 is 0 Å². The largest absolute Gasteiger partial charge is 0.321 e. The Kier molecular flexibility index (Phi) is 3.55. The van der Waals surface area contributed by atoms with Crippen molar-refractivity contribution in [3.8, 4) is 6.07 Å². The molecule has 2 N–H and O–H groups in total. The van der Waals surface area contributed by atoms with Crippen molar-refractivity contribution >= 4 is 0 Å². The summed E-state index contributed by atoms with van der Waals surface area (Å²) in [6.45, 7) is 0. The molecule has 6 nitrogen and oxygen atoms in total. The Labute approximate surface area is 105 Å². The van der Waals surface area contributed by atoms with E-state index in [1.54, 1.807) is 12.4 Å². The Morgan fingerprint density at radius 2 is 1.50 bits per heavy atom.